The van der Waals surface area contributed by atoms with Crippen LogP contribution in [0.3, 0.4) is 0 Å². The number of nitrogens with zero attached hydrogens (tertiary/aromatic N) is 2. The van der Waals surface area contributed by atoms with Crippen molar-refractivity contribution in [3.63, 3.8) is 0 Å². The van der Waals surface area contributed by atoms with E-state index in [2.05, 4.69) is 42.3 Å². The second kappa shape index (κ2) is 6.22. The molecule has 1 aromatic carbocycles. The number of likely N-dealkylation sites (N-methyl/N-ethyl adjacent to an activating group) is 1. The van der Waals surface area contributed by atoms with E-state index in [-0.39, 0.29) is 11.7 Å². The molecule has 2 rings (SSSR count). The van der Waals surface area contributed by atoms with Crippen molar-refractivity contribution in [2.24, 2.45) is 0 Å². The molecular weight excluding hydrogens is 262 g/mol. The molecule has 0 aliphatic heterocycles. The Bertz CT molecular complexity index is 704. The maximum atomic E-state index is 12.1. The van der Waals surface area contributed by atoms with E-state index >= 15 is 0 Å². The van der Waals surface area contributed by atoms with Gasteiger partial charge in [-0.15, -0.1) is 0 Å². The smallest absolute Gasteiger partial charge is 0.312 e. The highest BCUT2D eigenvalue weighted by molar-refractivity contribution is 5.31. The first-order valence-electron chi connectivity index (χ1n) is 7.22. The summed E-state index contributed by atoms with van der Waals surface area (Å²) in [5.41, 5.74) is 5.25. The van der Waals surface area contributed by atoms with Crippen LogP contribution in [0.2, 0.25) is 0 Å². The van der Waals surface area contributed by atoms with Gasteiger partial charge in [-0.1, -0.05) is 18.2 Å². The second-order valence-corrected chi connectivity index (χ2v) is 5.62. The maximum absolute atomic E-state index is 12.1. The first-order valence-corrected chi connectivity index (χ1v) is 7.22. The van der Waals surface area contributed by atoms with Crippen molar-refractivity contribution in [2.45, 2.75) is 40.3 Å². The zero-order valence-electron chi connectivity index (χ0n) is 13.4. The summed E-state index contributed by atoms with van der Waals surface area (Å²) in [5, 5.41) is 3.30. The largest absolute Gasteiger partial charge is 0.348 e. The van der Waals surface area contributed by atoms with Crippen LogP contribution in [0.25, 0.3) is 0 Å². The molecule has 1 heterocycles. The minimum absolute atomic E-state index is 0.0882. The van der Waals surface area contributed by atoms with Crippen LogP contribution in [0.4, 0.5) is 0 Å². The molecule has 0 radical (unpaired) electrons. The lowest BCUT2D eigenvalue weighted by molar-refractivity contribution is 0.476. The molecule has 0 spiro atoms. The Morgan fingerprint density at radius 3 is 2.43 bits per heavy atom. The fourth-order valence-corrected chi connectivity index (χ4v) is 2.52. The van der Waals surface area contributed by atoms with E-state index in [4.69, 9.17) is 0 Å². The molecule has 2 aromatic rings. The van der Waals surface area contributed by atoms with E-state index in [1.54, 1.807) is 4.57 Å². The standard InChI is InChI=1S/C17H23N3O/c1-11-6-7-15(8-12(11)2)16(18-5)10-20-14(4)9-13(3)19-17(20)21/h6-9,16,18H,10H2,1-5H3. The van der Waals surface area contributed by atoms with Gasteiger partial charge in [0.05, 0.1) is 6.04 Å². The van der Waals surface area contributed by atoms with Crippen molar-refractivity contribution in [3.05, 3.63) is 62.8 Å². The molecule has 1 aromatic heterocycles. The van der Waals surface area contributed by atoms with Crippen molar-refractivity contribution in [1.82, 2.24) is 14.9 Å². The topological polar surface area (TPSA) is 46.9 Å². The molecule has 21 heavy (non-hydrogen) atoms. The fraction of sp³-hybridized carbons (Fsp3) is 0.412. The van der Waals surface area contributed by atoms with Crippen molar-refractivity contribution in [2.75, 3.05) is 7.05 Å². The highest BCUT2D eigenvalue weighted by Gasteiger charge is 2.13. The third-order valence-electron chi connectivity index (χ3n) is 3.99. The molecule has 4 nitrogen and oxygen atoms in total. The van der Waals surface area contributed by atoms with Crippen LogP contribution in [0.5, 0.6) is 0 Å². The van der Waals surface area contributed by atoms with E-state index in [1.165, 1.54) is 16.7 Å². The summed E-state index contributed by atoms with van der Waals surface area (Å²) in [6.45, 7) is 8.58. The number of rotatable bonds is 4. The maximum Gasteiger partial charge on any atom is 0.348 e. The van der Waals surface area contributed by atoms with Gasteiger partial charge in [-0.3, -0.25) is 4.57 Å². The van der Waals surface area contributed by atoms with Gasteiger partial charge in [-0.2, -0.15) is 4.98 Å². The third-order valence-corrected chi connectivity index (χ3v) is 3.99. The average molecular weight is 285 g/mol. The van der Waals surface area contributed by atoms with Crippen LogP contribution in [0.15, 0.2) is 29.1 Å². The fourth-order valence-electron chi connectivity index (χ4n) is 2.52. The van der Waals surface area contributed by atoms with Crippen LogP contribution in [0, 0.1) is 27.7 Å². The molecule has 1 N–H and O–H groups in total. The normalized spacial score (nSPS) is 12.4. The molecule has 4 heteroatoms. The van der Waals surface area contributed by atoms with Crippen LogP contribution in [-0.2, 0) is 6.54 Å². The van der Waals surface area contributed by atoms with Crippen LogP contribution in [-0.4, -0.2) is 16.6 Å². The monoisotopic (exact) mass is 285 g/mol. The van der Waals surface area contributed by atoms with Gasteiger partial charge < -0.3 is 5.32 Å². The van der Waals surface area contributed by atoms with Crippen molar-refractivity contribution in [3.8, 4) is 0 Å². The lowest BCUT2D eigenvalue weighted by Gasteiger charge is -2.20. The van der Waals surface area contributed by atoms with Crippen molar-refractivity contribution >= 4 is 0 Å². The summed E-state index contributed by atoms with van der Waals surface area (Å²) in [6.07, 6.45) is 0. The predicted molar refractivity (Wildman–Crippen MR) is 85.7 cm³/mol. The number of benzene rings is 1. The van der Waals surface area contributed by atoms with Crippen LogP contribution >= 0.6 is 0 Å². The van der Waals surface area contributed by atoms with Gasteiger partial charge in [0.25, 0.3) is 0 Å². The number of nitrogens with one attached hydrogen (secondary N) is 1. The van der Waals surface area contributed by atoms with Gasteiger partial charge in [0.15, 0.2) is 0 Å². The minimum atomic E-state index is -0.184. The van der Waals surface area contributed by atoms with Crippen molar-refractivity contribution in [1.29, 1.82) is 0 Å². The highest BCUT2D eigenvalue weighted by Crippen LogP contribution is 2.18. The van der Waals surface area contributed by atoms with Gasteiger partial charge in [0.2, 0.25) is 0 Å². The van der Waals surface area contributed by atoms with Gasteiger partial charge in [-0.05, 0) is 57.5 Å². The van der Waals surface area contributed by atoms with Gasteiger partial charge in [0, 0.05) is 17.9 Å². The lowest BCUT2D eigenvalue weighted by Crippen LogP contribution is -2.32. The quantitative estimate of drug-likeness (QED) is 0.938. The zero-order valence-corrected chi connectivity index (χ0v) is 13.4. The SMILES string of the molecule is CNC(Cn1c(C)cc(C)nc1=O)c1ccc(C)c(C)c1. The second-order valence-electron chi connectivity index (χ2n) is 5.62. The Morgan fingerprint density at radius 2 is 1.86 bits per heavy atom. The molecular formula is C17H23N3O. The van der Waals surface area contributed by atoms with Crippen molar-refractivity contribution < 1.29 is 0 Å². The number of hydrogen-bond donors (Lipinski definition) is 1. The van der Waals surface area contributed by atoms with Gasteiger partial charge >= 0.3 is 5.69 Å². The number of hydrogen-bond acceptors (Lipinski definition) is 3. The Labute approximate surface area is 125 Å². The zero-order chi connectivity index (χ0) is 15.6. The van der Waals surface area contributed by atoms with Gasteiger partial charge in [0.1, 0.15) is 0 Å². The number of aryl methyl sites for hydroxylation is 4. The lowest BCUT2D eigenvalue weighted by atomic mass is 10.0. The molecule has 0 bridgehead atoms. The first-order chi connectivity index (χ1) is 9.92. The Kier molecular flexibility index (Phi) is 4.58. The van der Waals surface area contributed by atoms with E-state index in [9.17, 15) is 4.79 Å². The van der Waals surface area contributed by atoms with Crippen LogP contribution in [0.1, 0.15) is 34.1 Å². The molecule has 1 unspecified atom stereocenters. The Hall–Kier alpha value is -1.94. The molecule has 0 amide bonds. The van der Waals surface area contributed by atoms with Crippen LogP contribution < -0.4 is 11.0 Å². The molecule has 0 aliphatic carbocycles. The minimum Gasteiger partial charge on any atom is -0.312 e. The summed E-state index contributed by atoms with van der Waals surface area (Å²) in [6, 6.07) is 8.45. The van der Waals surface area contributed by atoms with E-state index in [0.29, 0.717) is 6.54 Å². The Morgan fingerprint density at radius 1 is 1.14 bits per heavy atom. The summed E-state index contributed by atoms with van der Waals surface area (Å²) >= 11 is 0. The van der Waals surface area contributed by atoms with E-state index in [1.807, 2.05) is 27.0 Å². The summed E-state index contributed by atoms with van der Waals surface area (Å²) in [7, 11) is 1.92. The molecule has 0 aliphatic rings. The highest BCUT2D eigenvalue weighted by atomic mass is 16.1. The van der Waals surface area contributed by atoms with E-state index < -0.39 is 0 Å². The molecule has 0 saturated carbocycles. The Balaban J connectivity index is 2.35. The molecule has 0 saturated heterocycles. The summed E-state index contributed by atoms with van der Waals surface area (Å²) in [5.74, 6) is 0. The molecule has 112 valence electrons. The predicted octanol–water partition coefficient (Wildman–Crippen LogP) is 2.44. The number of aromatic nitrogens is 2. The summed E-state index contributed by atoms with van der Waals surface area (Å²) < 4.78 is 1.73. The molecule has 0 fully saturated rings. The first kappa shape index (κ1) is 15.4. The van der Waals surface area contributed by atoms with E-state index in [0.717, 1.165) is 11.4 Å². The summed E-state index contributed by atoms with van der Waals surface area (Å²) in [4.78, 5) is 16.1. The molecule has 1 atom stereocenters. The third kappa shape index (κ3) is 3.39. The van der Waals surface area contributed by atoms with Gasteiger partial charge in [-0.25, -0.2) is 4.79 Å². The average Bonchev–Trinajstić information content (AvgIpc) is 2.41.